The van der Waals surface area contributed by atoms with Gasteiger partial charge in [0.15, 0.2) is 0 Å². The van der Waals surface area contributed by atoms with Gasteiger partial charge in [-0.15, -0.1) is 11.8 Å². The third-order valence-electron chi connectivity index (χ3n) is 2.14. The van der Waals surface area contributed by atoms with Crippen LogP contribution in [0.1, 0.15) is 25.1 Å². The lowest BCUT2D eigenvalue weighted by Crippen LogP contribution is -2.10. The van der Waals surface area contributed by atoms with E-state index in [1.165, 1.54) is 4.90 Å². The molecule has 0 aliphatic heterocycles. The predicted octanol–water partition coefficient (Wildman–Crippen LogP) is 2.23. The molecule has 1 aromatic rings. The summed E-state index contributed by atoms with van der Waals surface area (Å²) in [5.41, 5.74) is 6.84. The van der Waals surface area contributed by atoms with E-state index in [4.69, 9.17) is 10.5 Å². The summed E-state index contributed by atoms with van der Waals surface area (Å²) in [7, 11) is 1.71. The molecule has 2 N–H and O–H groups in total. The van der Waals surface area contributed by atoms with Crippen LogP contribution in [0.4, 0.5) is 0 Å². The smallest absolute Gasteiger partial charge is 0.0571 e. The minimum absolute atomic E-state index is 0.0584. The number of nitrogens with two attached hydrogens (primary N) is 1. The number of ether oxygens (including phenoxy) is 1. The van der Waals surface area contributed by atoms with E-state index >= 15 is 0 Å². The zero-order chi connectivity index (χ0) is 11.1. The van der Waals surface area contributed by atoms with Crippen molar-refractivity contribution in [2.45, 2.75) is 24.3 Å². The minimum atomic E-state index is 0.0584. The van der Waals surface area contributed by atoms with Crippen LogP contribution in [-0.4, -0.2) is 24.5 Å². The zero-order valence-corrected chi connectivity index (χ0v) is 10.1. The molecule has 0 aliphatic rings. The second kappa shape index (κ2) is 6.82. The van der Waals surface area contributed by atoms with Crippen LogP contribution in [0.2, 0.25) is 0 Å². The monoisotopic (exact) mass is 226 g/mol. The Kier molecular flexibility index (Phi) is 5.68. The topological polar surface area (TPSA) is 48.1 Å². The summed E-state index contributed by atoms with van der Waals surface area (Å²) in [6.45, 7) is 2.83. The largest absolute Gasteiger partial charge is 0.384 e. The van der Waals surface area contributed by atoms with Gasteiger partial charge in [0, 0.05) is 30.0 Å². The van der Waals surface area contributed by atoms with E-state index in [1.807, 2.05) is 12.3 Å². The fraction of sp³-hybridized carbons (Fsp3) is 0.545. The molecule has 84 valence electrons. The number of methoxy groups -OCH3 is 1. The van der Waals surface area contributed by atoms with Crippen molar-refractivity contribution in [2.24, 2.45) is 5.73 Å². The van der Waals surface area contributed by atoms with Crippen molar-refractivity contribution in [2.75, 3.05) is 19.5 Å². The Labute approximate surface area is 95.4 Å². The molecular weight excluding hydrogens is 208 g/mol. The van der Waals surface area contributed by atoms with E-state index in [0.29, 0.717) is 0 Å². The van der Waals surface area contributed by atoms with Gasteiger partial charge in [-0.3, -0.25) is 4.98 Å². The maximum Gasteiger partial charge on any atom is 0.0571 e. The molecule has 0 bridgehead atoms. The highest BCUT2D eigenvalue weighted by Gasteiger charge is 2.04. The average molecular weight is 226 g/mol. The highest BCUT2D eigenvalue weighted by Crippen LogP contribution is 2.18. The number of nitrogens with zero attached hydrogens (tertiary/aromatic N) is 1. The van der Waals surface area contributed by atoms with Crippen LogP contribution in [0.5, 0.6) is 0 Å². The summed E-state index contributed by atoms with van der Waals surface area (Å²) in [5, 5.41) is 0. The molecule has 3 nitrogen and oxygen atoms in total. The van der Waals surface area contributed by atoms with Crippen molar-refractivity contribution in [1.29, 1.82) is 0 Å². The standard InChI is InChI=1S/C11H18N2OS/c1-3-10(12)11-5-4-9(8-13-11)15-7-6-14-2/h4-5,8,10H,3,6-7,12H2,1-2H3/t10-/m0/s1. The van der Waals surface area contributed by atoms with Crippen molar-refractivity contribution in [3.8, 4) is 0 Å². The first kappa shape index (κ1) is 12.5. The number of pyridine rings is 1. The van der Waals surface area contributed by atoms with E-state index in [9.17, 15) is 0 Å². The number of rotatable bonds is 6. The van der Waals surface area contributed by atoms with Gasteiger partial charge in [0.25, 0.3) is 0 Å². The van der Waals surface area contributed by atoms with Gasteiger partial charge in [0.05, 0.1) is 12.3 Å². The predicted molar refractivity (Wildman–Crippen MR) is 64.1 cm³/mol. The summed E-state index contributed by atoms with van der Waals surface area (Å²) >= 11 is 1.74. The van der Waals surface area contributed by atoms with Gasteiger partial charge in [-0.1, -0.05) is 6.92 Å². The van der Waals surface area contributed by atoms with Crippen LogP contribution in [0.25, 0.3) is 0 Å². The fourth-order valence-electron chi connectivity index (χ4n) is 1.15. The normalized spacial score (nSPS) is 12.7. The van der Waals surface area contributed by atoms with Crippen molar-refractivity contribution < 1.29 is 4.74 Å². The molecule has 0 unspecified atom stereocenters. The molecule has 0 radical (unpaired) electrons. The molecule has 1 aromatic heterocycles. The maximum absolute atomic E-state index is 5.88. The Balaban J connectivity index is 2.49. The highest BCUT2D eigenvalue weighted by molar-refractivity contribution is 7.99. The molecule has 0 saturated carbocycles. The zero-order valence-electron chi connectivity index (χ0n) is 9.27. The summed E-state index contributed by atoms with van der Waals surface area (Å²) < 4.78 is 4.98. The van der Waals surface area contributed by atoms with Crippen LogP contribution in [0.3, 0.4) is 0 Å². The number of hydrogen-bond donors (Lipinski definition) is 1. The molecule has 1 heterocycles. The molecule has 0 fully saturated rings. The Hall–Kier alpha value is -0.580. The molecule has 4 heteroatoms. The summed E-state index contributed by atoms with van der Waals surface area (Å²) in [5.74, 6) is 0.956. The fourth-order valence-corrected chi connectivity index (χ4v) is 1.93. The van der Waals surface area contributed by atoms with Crippen LogP contribution >= 0.6 is 11.8 Å². The molecule has 0 aromatic carbocycles. The van der Waals surface area contributed by atoms with Crippen molar-refractivity contribution >= 4 is 11.8 Å². The van der Waals surface area contributed by atoms with Crippen LogP contribution < -0.4 is 5.73 Å². The quantitative estimate of drug-likeness (QED) is 0.597. The third-order valence-corrected chi connectivity index (χ3v) is 3.08. The lowest BCUT2D eigenvalue weighted by atomic mass is 10.1. The molecule has 0 amide bonds. The first-order valence-corrected chi connectivity index (χ1v) is 6.09. The summed E-state index contributed by atoms with van der Waals surface area (Å²) in [4.78, 5) is 5.51. The first-order chi connectivity index (χ1) is 7.27. The van der Waals surface area contributed by atoms with Gasteiger partial charge in [0.2, 0.25) is 0 Å². The van der Waals surface area contributed by atoms with E-state index in [1.54, 1.807) is 18.9 Å². The average Bonchev–Trinajstić information content (AvgIpc) is 2.29. The van der Waals surface area contributed by atoms with Gasteiger partial charge >= 0.3 is 0 Å². The highest BCUT2D eigenvalue weighted by atomic mass is 32.2. The number of hydrogen-bond acceptors (Lipinski definition) is 4. The van der Waals surface area contributed by atoms with E-state index < -0.39 is 0 Å². The summed E-state index contributed by atoms with van der Waals surface area (Å²) in [6.07, 6.45) is 2.80. The van der Waals surface area contributed by atoms with E-state index in [2.05, 4.69) is 18.0 Å². The molecule has 0 saturated heterocycles. The van der Waals surface area contributed by atoms with E-state index in [0.717, 1.165) is 24.5 Å². The lowest BCUT2D eigenvalue weighted by molar-refractivity contribution is 0.218. The van der Waals surface area contributed by atoms with E-state index in [-0.39, 0.29) is 6.04 Å². The Morgan fingerprint density at radius 3 is 2.87 bits per heavy atom. The Morgan fingerprint density at radius 1 is 1.53 bits per heavy atom. The van der Waals surface area contributed by atoms with Gasteiger partial charge in [-0.25, -0.2) is 0 Å². The molecule has 15 heavy (non-hydrogen) atoms. The Bertz CT molecular complexity index is 276. The first-order valence-electron chi connectivity index (χ1n) is 5.11. The van der Waals surface area contributed by atoms with Crippen molar-refractivity contribution in [3.63, 3.8) is 0 Å². The van der Waals surface area contributed by atoms with Crippen LogP contribution in [-0.2, 0) is 4.74 Å². The minimum Gasteiger partial charge on any atom is -0.384 e. The molecule has 1 atom stereocenters. The molecular formula is C11H18N2OS. The van der Waals surface area contributed by atoms with Crippen LogP contribution in [0.15, 0.2) is 23.2 Å². The third kappa shape index (κ3) is 4.20. The number of thioether (sulfide) groups is 1. The van der Waals surface area contributed by atoms with Gasteiger partial charge in [-0.2, -0.15) is 0 Å². The second-order valence-electron chi connectivity index (χ2n) is 3.27. The maximum atomic E-state index is 5.88. The van der Waals surface area contributed by atoms with Gasteiger partial charge in [-0.05, 0) is 18.6 Å². The molecule has 0 spiro atoms. The lowest BCUT2D eigenvalue weighted by Gasteiger charge is -2.08. The van der Waals surface area contributed by atoms with Gasteiger partial charge in [0.1, 0.15) is 0 Å². The molecule has 0 aliphatic carbocycles. The molecule has 1 rings (SSSR count). The van der Waals surface area contributed by atoms with Crippen molar-refractivity contribution in [1.82, 2.24) is 4.98 Å². The Morgan fingerprint density at radius 2 is 2.33 bits per heavy atom. The SMILES string of the molecule is CC[C@H](N)c1ccc(SCCOC)cn1. The summed E-state index contributed by atoms with van der Waals surface area (Å²) in [6, 6.07) is 4.13. The van der Waals surface area contributed by atoms with Crippen LogP contribution in [0, 0.1) is 0 Å². The number of aromatic nitrogens is 1. The second-order valence-corrected chi connectivity index (χ2v) is 4.44. The van der Waals surface area contributed by atoms with Gasteiger partial charge < -0.3 is 10.5 Å². The van der Waals surface area contributed by atoms with Crippen molar-refractivity contribution in [3.05, 3.63) is 24.0 Å².